The molecule has 1 saturated heterocycles. The standard InChI is InChI=1S/C31H34FN5O4/c1-22(36-41-20-23-4-8-25(32)9-5-23)24-6-10-26(11-7-24)35-31-27-18-30(29(38-2)19-28(27)33-21-34-31)40-15-3-12-37-13-16-39-17-14-37/h4-11,18-19,21H,3,12-17,20H2,1-2H3,(H,33,34,35)/b36-22+. The smallest absolute Gasteiger partial charge is 0.162 e. The number of nitrogens with one attached hydrogen (secondary N) is 1. The molecule has 0 radical (unpaired) electrons. The van der Waals surface area contributed by atoms with Crippen LogP contribution in [0.2, 0.25) is 0 Å². The molecule has 3 aromatic carbocycles. The molecule has 2 heterocycles. The number of oxime groups is 1. The Labute approximate surface area is 238 Å². The van der Waals surface area contributed by atoms with Gasteiger partial charge in [0.25, 0.3) is 0 Å². The Morgan fingerprint density at radius 3 is 2.56 bits per heavy atom. The van der Waals surface area contributed by atoms with Crippen molar-refractivity contribution in [2.75, 3.05) is 51.9 Å². The molecule has 1 aliphatic heterocycles. The van der Waals surface area contributed by atoms with Crippen LogP contribution in [-0.2, 0) is 16.2 Å². The van der Waals surface area contributed by atoms with Gasteiger partial charge in [-0.2, -0.15) is 0 Å². The van der Waals surface area contributed by atoms with E-state index in [4.69, 9.17) is 19.0 Å². The van der Waals surface area contributed by atoms with Crippen molar-refractivity contribution in [3.63, 3.8) is 0 Å². The molecule has 1 N–H and O–H groups in total. The molecular weight excluding hydrogens is 525 g/mol. The van der Waals surface area contributed by atoms with E-state index in [2.05, 4.69) is 25.3 Å². The Bertz CT molecular complexity index is 1460. The molecule has 0 atom stereocenters. The summed E-state index contributed by atoms with van der Waals surface area (Å²) in [5, 5.41) is 8.41. The lowest BCUT2D eigenvalue weighted by molar-refractivity contribution is 0.0357. The molecule has 1 fully saturated rings. The van der Waals surface area contributed by atoms with Gasteiger partial charge in [-0.3, -0.25) is 4.90 Å². The van der Waals surface area contributed by atoms with Gasteiger partial charge in [-0.25, -0.2) is 14.4 Å². The molecule has 0 unspecified atom stereocenters. The first kappa shape index (κ1) is 28.3. The average molecular weight is 560 g/mol. The number of anilines is 2. The summed E-state index contributed by atoms with van der Waals surface area (Å²) in [5.41, 5.74) is 4.10. The molecule has 4 aromatic rings. The van der Waals surface area contributed by atoms with Gasteiger partial charge in [0.05, 0.1) is 38.2 Å². The van der Waals surface area contributed by atoms with Crippen LogP contribution in [0.1, 0.15) is 24.5 Å². The summed E-state index contributed by atoms with van der Waals surface area (Å²) >= 11 is 0. The van der Waals surface area contributed by atoms with E-state index >= 15 is 0 Å². The Hall–Kier alpha value is -4.28. The lowest BCUT2D eigenvalue weighted by Crippen LogP contribution is -2.37. The van der Waals surface area contributed by atoms with Crippen LogP contribution in [0.3, 0.4) is 0 Å². The number of halogens is 1. The SMILES string of the molecule is COc1cc2ncnc(Nc3ccc(/C(C)=N/OCc4ccc(F)cc4)cc3)c2cc1OCCCN1CCOCC1. The van der Waals surface area contributed by atoms with Crippen molar-refractivity contribution in [2.45, 2.75) is 20.0 Å². The number of morpholine rings is 1. The predicted molar refractivity (Wildman–Crippen MR) is 157 cm³/mol. The first-order chi connectivity index (χ1) is 20.1. The van der Waals surface area contributed by atoms with Gasteiger partial charge in [0.15, 0.2) is 11.5 Å². The normalized spacial score (nSPS) is 14.2. The Morgan fingerprint density at radius 2 is 1.80 bits per heavy atom. The van der Waals surface area contributed by atoms with Crippen LogP contribution in [-0.4, -0.2) is 67.1 Å². The number of benzene rings is 3. The zero-order chi connectivity index (χ0) is 28.4. The van der Waals surface area contributed by atoms with Gasteiger partial charge >= 0.3 is 0 Å². The summed E-state index contributed by atoms with van der Waals surface area (Å²) in [6, 6.07) is 17.8. The quantitative estimate of drug-likeness (QED) is 0.137. The molecule has 0 amide bonds. The van der Waals surface area contributed by atoms with Gasteiger partial charge in [0, 0.05) is 36.8 Å². The minimum atomic E-state index is -0.277. The van der Waals surface area contributed by atoms with Crippen LogP contribution >= 0.6 is 0 Å². The number of rotatable bonds is 12. The van der Waals surface area contributed by atoms with E-state index in [0.717, 1.165) is 72.7 Å². The third-order valence-corrected chi connectivity index (χ3v) is 6.81. The van der Waals surface area contributed by atoms with Crippen molar-refractivity contribution >= 4 is 28.1 Å². The zero-order valence-corrected chi connectivity index (χ0v) is 23.3. The van der Waals surface area contributed by atoms with Crippen molar-refractivity contribution in [1.82, 2.24) is 14.9 Å². The van der Waals surface area contributed by atoms with E-state index in [1.54, 1.807) is 19.2 Å². The minimum absolute atomic E-state index is 0.266. The molecule has 0 spiro atoms. The highest BCUT2D eigenvalue weighted by atomic mass is 19.1. The molecule has 1 aromatic heterocycles. The third-order valence-electron chi connectivity index (χ3n) is 6.81. The monoisotopic (exact) mass is 559 g/mol. The summed E-state index contributed by atoms with van der Waals surface area (Å²) < 4.78 is 30.2. The van der Waals surface area contributed by atoms with Gasteiger partial charge in [-0.15, -0.1) is 0 Å². The van der Waals surface area contributed by atoms with Crippen molar-refractivity contribution in [3.8, 4) is 11.5 Å². The Kier molecular flexibility index (Phi) is 9.56. The molecule has 41 heavy (non-hydrogen) atoms. The van der Waals surface area contributed by atoms with Crippen LogP contribution in [0.5, 0.6) is 11.5 Å². The second-order valence-electron chi connectivity index (χ2n) is 9.68. The maximum absolute atomic E-state index is 13.1. The van der Waals surface area contributed by atoms with Gasteiger partial charge in [0.1, 0.15) is 24.6 Å². The highest BCUT2D eigenvalue weighted by Gasteiger charge is 2.14. The summed E-state index contributed by atoms with van der Waals surface area (Å²) in [7, 11) is 1.63. The Morgan fingerprint density at radius 1 is 1.02 bits per heavy atom. The van der Waals surface area contributed by atoms with E-state index in [0.29, 0.717) is 23.9 Å². The zero-order valence-electron chi connectivity index (χ0n) is 23.3. The summed E-state index contributed by atoms with van der Waals surface area (Å²) in [6.45, 7) is 7.19. The van der Waals surface area contributed by atoms with E-state index in [1.807, 2.05) is 43.3 Å². The predicted octanol–water partition coefficient (Wildman–Crippen LogP) is 5.56. The lowest BCUT2D eigenvalue weighted by Gasteiger charge is -2.26. The molecule has 0 aliphatic carbocycles. The van der Waals surface area contributed by atoms with Gasteiger partial charge in [-0.05, 0) is 54.8 Å². The van der Waals surface area contributed by atoms with E-state index in [9.17, 15) is 4.39 Å². The van der Waals surface area contributed by atoms with E-state index in [1.165, 1.54) is 18.5 Å². The molecule has 0 saturated carbocycles. The van der Waals surface area contributed by atoms with Crippen molar-refractivity contribution < 1.29 is 23.4 Å². The number of hydrogen-bond donors (Lipinski definition) is 1. The Balaban J connectivity index is 1.23. The number of aromatic nitrogens is 2. The first-order valence-corrected chi connectivity index (χ1v) is 13.6. The fourth-order valence-corrected chi connectivity index (χ4v) is 4.50. The second kappa shape index (κ2) is 13.9. The highest BCUT2D eigenvalue weighted by Crippen LogP contribution is 2.35. The van der Waals surface area contributed by atoms with Gasteiger partial charge < -0.3 is 24.4 Å². The van der Waals surface area contributed by atoms with E-state index < -0.39 is 0 Å². The lowest BCUT2D eigenvalue weighted by atomic mass is 10.1. The van der Waals surface area contributed by atoms with Crippen LogP contribution in [0.4, 0.5) is 15.9 Å². The number of methoxy groups -OCH3 is 1. The summed E-state index contributed by atoms with van der Waals surface area (Å²) in [6.07, 6.45) is 2.43. The highest BCUT2D eigenvalue weighted by molar-refractivity contribution is 5.99. The van der Waals surface area contributed by atoms with Crippen molar-refractivity contribution in [3.05, 3.63) is 83.9 Å². The number of nitrogens with zero attached hydrogens (tertiary/aromatic N) is 4. The van der Waals surface area contributed by atoms with Crippen LogP contribution in [0.15, 0.2) is 72.1 Å². The fraction of sp³-hybridized carbons (Fsp3) is 0.323. The maximum atomic E-state index is 13.1. The van der Waals surface area contributed by atoms with Gasteiger partial charge in [-0.1, -0.05) is 29.4 Å². The number of fused-ring (bicyclic) bond motifs is 1. The van der Waals surface area contributed by atoms with E-state index in [-0.39, 0.29) is 12.4 Å². The van der Waals surface area contributed by atoms with Crippen LogP contribution < -0.4 is 14.8 Å². The maximum Gasteiger partial charge on any atom is 0.162 e. The fourth-order valence-electron chi connectivity index (χ4n) is 4.50. The number of hydrogen-bond acceptors (Lipinski definition) is 9. The van der Waals surface area contributed by atoms with Crippen molar-refractivity contribution in [2.24, 2.45) is 5.16 Å². The third kappa shape index (κ3) is 7.68. The summed E-state index contributed by atoms with van der Waals surface area (Å²) in [4.78, 5) is 16.8. The molecular formula is C31H34FN5O4. The van der Waals surface area contributed by atoms with Crippen LogP contribution in [0, 0.1) is 5.82 Å². The van der Waals surface area contributed by atoms with Crippen LogP contribution in [0.25, 0.3) is 10.9 Å². The number of ether oxygens (including phenoxy) is 3. The second-order valence-corrected chi connectivity index (χ2v) is 9.68. The molecule has 5 rings (SSSR count). The minimum Gasteiger partial charge on any atom is -0.493 e. The van der Waals surface area contributed by atoms with Crippen molar-refractivity contribution in [1.29, 1.82) is 0 Å². The molecule has 214 valence electrons. The topological polar surface area (TPSA) is 90.3 Å². The molecule has 9 nitrogen and oxygen atoms in total. The average Bonchev–Trinajstić information content (AvgIpc) is 3.01. The molecule has 10 heteroatoms. The largest absolute Gasteiger partial charge is 0.493 e. The van der Waals surface area contributed by atoms with Gasteiger partial charge in [0.2, 0.25) is 0 Å². The first-order valence-electron chi connectivity index (χ1n) is 13.6. The molecule has 1 aliphatic rings. The summed E-state index contributed by atoms with van der Waals surface area (Å²) in [5.74, 6) is 1.68. The molecule has 0 bridgehead atoms.